The minimum atomic E-state index is -4.59. The Morgan fingerprint density at radius 3 is 1.50 bits per heavy atom. The minimum Gasteiger partial charge on any atom is -0.756 e. The molecule has 3 atom stereocenters. The van der Waals surface area contributed by atoms with Gasteiger partial charge in [0, 0.05) is 6.42 Å². The first-order chi connectivity index (χ1) is 26.0. The fourth-order valence-corrected chi connectivity index (χ4v) is 6.97. The van der Waals surface area contributed by atoms with Crippen LogP contribution in [-0.2, 0) is 18.4 Å². The average molecular weight is 783 g/mol. The summed E-state index contributed by atoms with van der Waals surface area (Å²) in [6.45, 7) is 4.54. The molecule has 0 bridgehead atoms. The zero-order valence-electron chi connectivity index (χ0n) is 35.9. The second kappa shape index (κ2) is 37.3. The zero-order valence-corrected chi connectivity index (χ0v) is 36.8. The SMILES string of the molecule is CCCCCCCCCCCCCCCCCC/C=C/CC/C=C/CC/C=C/C(O)C(COP(=O)([O-])OCC[N+](C)(C)C)NC(=O)CCCCCCCC. The summed E-state index contributed by atoms with van der Waals surface area (Å²) in [4.78, 5) is 25.0. The van der Waals surface area contributed by atoms with Crippen molar-refractivity contribution >= 4 is 13.7 Å². The Morgan fingerprint density at radius 2 is 1.04 bits per heavy atom. The van der Waals surface area contributed by atoms with Gasteiger partial charge in [0.05, 0.1) is 39.9 Å². The second-order valence-corrected chi connectivity index (χ2v) is 17.8. The van der Waals surface area contributed by atoms with Crippen LogP contribution in [0.5, 0.6) is 0 Å². The van der Waals surface area contributed by atoms with E-state index in [1.165, 1.54) is 122 Å². The standard InChI is InChI=1S/C45H87N2O6P/c1-6-8-10-12-14-15-16-17-18-19-20-21-22-23-24-25-26-27-28-29-30-31-32-33-34-36-38-44(48)43(46-45(49)39-37-35-13-11-9-7-2)42-53-54(50,51)52-41-40-47(3,4)5/h27-28,31-32,36,38,43-44,48H,6-26,29-30,33-35,37,39-42H2,1-5H3,(H-,46,49,50,51)/b28-27+,32-31+,38-36+. The Morgan fingerprint density at radius 1 is 0.630 bits per heavy atom. The summed E-state index contributed by atoms with van der Waals surface area (Å²) in [6.07, 6.45) is 45.3. The predicted molar refractivity (Wildman–Crippen MR) is 228 cm³/mol. The summed E-state index contributed by atoms with van der Waals surface area (Å²) in [7, 11) is 1.23. The number of amides is 1. The Hall–Kier alpha value is -1.28. The molecule has 0 rings (SSSR count). The van der Waals surface area contributed by atoms with Crippen LogP contribution in [0, 0.1) is 0 Å². The second-order valence-electron chi connectivity index (χ2n) is 16.4. The largest absolute Gasteiger partial charge is 0.756 e. The van der Waals surface area contributed by atoms with Gasteiger partial charge in [-0.3, -0.25) is 9.36 Å². The molecule has 0 aliphatic heterocycles. The molecule has 3 unspecified atom stereocenters. The van der Waals surface area contributed by atoms with Crippen LogP contribution in [0.3, 0.4) is 0 Å². The highest BCUT2D eigenvalue weighted by atomic mass is 31.2. The third kappa shape index (κ3) is 39.0. The number of allylic oxidation sites excluding steroid dienone is 5. The van der Waals surface area contributed by atoms with E-state index >= 15 is 0 Å². The molecule has 0 heterocycles. The monoisotopic (exact) mass is 783 g/mol. The quantitative estimate of drug-likeness (QED) is 0.0277. The summed E-state index contributed by atoms with van der Waals surface area (Å²) >= 11 is 0. The van der Waals surface area contributed by atoms with E-state index < -0.39 is 26.6 Å². The number of aliphatic hydroxyl groups is 1. The van der Waals surface area contributed by atoms with Crippen molar-refractivity contribution < 1.29 is 32.9 Å². The first kappa shape index (κ1) is 52.7. The molecule has 9 heteroatoms. The number of quaternary nitrogens is 1. The van der Waals surface area contributed by atoms with Crippen LogP contribution in [0.2, 0.25) is 0 Å². The van der Waals surface area contributed by atoms with Crippen LogP contribution in [0.4, 0.5) is 0 Å². The van der Waals surface area contributed by atoms with E-state index in [0.29, 0.717) is 17.4 Å². The number of unbranched alkanes of at least 4 members (excludes halogenated alkanes) is 23. The van der Waals surface area contributed by atoms with Gasteiger partial charge >= 0.3 is 0 Å². The summed E-state index contributed by atoms with van der Waals surface area (Å²) < 4.78 is 23.0. The maximum atomic E-state index is 12.7. The number of aliphatic hydroxyl groups excluding tert-OH is 1. The molecular formula is C45H87N2O6P. The first-order valence-corrected chi connectivity index (χ1v) is 23.8. The van der Waals surface area contributed by atoms with Gasteiger partial charge in [-0.15, -0.1) is 0 Å². The Balaban J connectivity index is 4.21. The number of hydrogen-bond acceptors (Lipinski definition) is 6. The molecule has 0 fully saturated rings. The van der Waals surface area contributed by atoms with Crippen molar-refractivity contribution in [2.75, 3.05) is 40.9 Å². The molecule has 0 spiro atoms. The van der Waals surface area contributed by atoms with Crippen molar-refractivity contribution in [3.8, 4) is 0 Å². The highest BCUT2D eigenvalue weighted by Gasteiger charge is 2.23. The third-order valence-electron chi connectivity index (χ3n) is 9.83. The Bertz CT molecular complexity index is 980. The highest BCUT2D eigenvalue weighted by molar-refractivity contribution is 7.45. The molecule has 54 heavy (non-hydrogen) atoms. The number of nitrogens with zero attached hydrogens (tertiary/aromatic N) is 1. The van der Waals surface area contributed by atoms with Crippen LogP contribution in [-0.4, -0.2) is 68.5 Å². The topological polar surface area (TPSA) is 108 Å². The van der Waals surface area contributed by atoms with Crippen LogP contribution in [0.1, 0.15) is 194 Å². The number of carbonyl (C=O) groups is 1. The van der Waals surface area contributed by atoms with Crippen molar-refractivity contribution in [2.24, 2.45) is 0 Å². The average Bonchev–Trinajstić information content (AvgIpc) is 3.12. The van der Waals surface area contributed by atoms with Crippen molar-refractivity contribution in [3.63, 3.8) is 0 Å². The molecule has 0 saturated carbocycles. The summed E-state index contributed by atoms with van der Waals surface area (Å²) in [5, 5.41) is 13.6. The molecule has 0 aromatic heterocycles. The Labute approximate surface area is 334 Å². The smallest absolute Gasteiger partial charge is 0.268 e. The fraction of sp³-hybridized carbons (Fsp3) is 0.844. The number of rotatable bonds is 40. The van der Waals surface area contributed by atoms with Gasteiger partial charge in [0.25, 0.3) is 7.82 Å². The lowest BCUT2D eigenvalue weighted by atomic mass is 10.0. The lowest BCUT2D eigenvalue weighted by Crippen LogP contribution is -2.45. The molecule has 0 aliphatic carbocycles. The molecule has 0 aromatic rings. The van der Waals surface area contributed by atoms with Gasteiger partial charge in [0.1, 0.15) is 13.2 Å². The number of nitrogens with one attached hydrogen (secondary N) is 1. The van der Waals surface area contributed by atoms with Crippen molar-refractivity contribution in [1.82, 2.24) is 5.32 Å². The van der Waals surface area contributed by atoms with Gasteiger partial charge < -0.3 is 28.8 Å². The fourth-order valence-electron chi connectivity index (χ4n) is 6.24. The van der Waals surface area contributed by atoms with E-state index in [9.17, 15) is 19.4 Å². The lowest BCUT2D eigenvalue weighted by molar-refractivity contribution is -0.870. The molecule has 0 aromatic carbocycles. The van der Waals surface area contributed by atoms with E-state index in [2.05, 4.69) is 43.5 Å². The lowest BCUT2D eigenvalue weighted by Gasteiger charge is -2.29. The number of carbonyl (C=O) groups excluding carboxylic acids is 1. The van der Waals surface area contributed by atoms with Gasteiger partial charge in [0.15, 0.2) is 0 Å². The number of likely N-dealkylation sites (N-methyl/N-ethyl adjacent to an activating group) is 1. The highest BCUT2D eigenvalue weighted by Crippen LogP contribution is 2.38. The van der Waals surface area contributed by atoms with Gasteiger partial charge in [-0.2, -0.15) is 0 Å². The molecule has 0 aliphatic rings. The molecule has 2 N–H and O–H groups in total. The van der Waals surface area contributed by atoms with E-state index in [1.54, 1.807) is 6.08 Å². The van der Waals surface area contributed by atoms with Crippen LogP contribution >= 0.6 is 7.82 Å². The van der Waals surface area contributed by atoms with Crippen LogP contribution in [0.25, 0.3) is 0 Å². The molecule has 0 saturated heterocycles. The molecule has 0 radical (unpaired) electrons. The summed E-state index contributed by atoms with van der Waals surface area (Å²) in [5.41, 5.74) is 0. The minimum absolute atomic E-state index is 0.00875. The Kier molecular flexibility index (Phi) is 36.4. The van der Waals surface area contributed by atoms with Gasteiger partial charge in [-0.25, -0.2) is 0 Å². The predicted octanol–water partition coefficient (Wildman–Crippen LogP) is 11.7. The van der Waals surface area contributed by atoms with E-state index in [4.69, 9.17) is 9.05 Å². The van der Waals surface area contributed by atoms with E-state index in [0.717, 1.165) is 51.4 Å². The van der Waals surface area contributed by atoms with Gasteiger partial charge in [-0.05, 0) is 44.9 Å². The summed E-state index contributed by atoms with van der Waals surface area (Å²) in [6, 6.07) is -0.903. The van der Waals surface area contributed by atoms with E-state index in [-0.39, 0.29) is 12.5 Å². The summed E-state index contributed by atoms with van der Waals surface area (Å²) in [5.74, 6) is -0.222. The first-order valence-electron chi connectivity index (χ1n) is 22.4. The normalized spacial score (nSPS) is 14.7. The third-order valence-corrected chi connectivity index (χ3v) is 10.8. The number of hydrogen-bond donors (Lipinski definition) is 2. The number of phosphoric ester groups is 1. The zero-order chi connectivity index (χ0) is 40.0. The molecule has 318 valence electrons. The maximum Gasteiger partial charge on any atom is 0.268 e. The van der Waals surface area contributed by atoms with Crippen molar-refractivity contribution in [1.29, 1.82) is 0 Å². The maximum absolute atomic E-state index is 12.7. The van der Waals surface area contributed by atoms with Crippen LogP contribution < -0.4 is 10.2 Å². The van der Waals surface area contributed by atoms with E-state index in [1.807, 2.05) is 27.2 Å². The van der Waals surface area contributed by atoms with Gasteiger partial charge in [0.2, 0.25) is 5.91 Å². The van der Waals surface area contributed by atoms with Crippen molar-refractivity contribution in [2.45, 2.75) is 206 Å². The van der Waals surface area contributed by atoms with Gasteiger partial charge in [-0.1, -0.05) is 179 Å². The number of phosphoric acid groups is 1. The molecule has 1 amide bonds. The van der Waals surface area contributed by atoms with Crippen LogP contribution in [0.15, 0.2) is 36.5 Å². The molecular weight excluding hydrogens is 695 g/mol. The molecule has 8 nitrogen and oxygen atoms in total. The van der Waals surface area contributed by atoms with Crippen molar-refractivity contribution in [3.05, 3.63) is 36.5 Å².